The molecular weight excluding hydrogens is 310 g/mol. The van der Waals surface area contributed by atoms with Crippen LogP contribution in [0.2, 0.25) is 0 Å². The zero-order valence-corrected chi connectivity index (χ0v) is 13.8. The second-order valence-corrected chi connectivity index (χ2v) is 5.59. The van der Waals surface area contributed by atoms with Crippen LogP contribution in [0.3, 0.4) is 0 Å². The maximum Gasteiger partial charge on any atom is 0.330 e. The van der Waals surface area contributed by atoms with E-state index in [4.69, 9.17) is 4.74 Å². The number of nitrogens with zero attached hydrogens (tertiary/aromatic N) is 3. The number of aliphatic hydroxyl groups is 1. The fraction of sp³-hybridized carbons (Fsp3) is 0.294. The third-order valence-electron chi connectivity index (χ3n) is 4.22. The Balaban J connectivity index is 2.41. The van der Waals surface area contributed by atoms with Crippen molar-refractivity contribution < 1.29 is 9.84 Å². The highest BCUT2D eigenvalue weighted by molar-refractivity contribution is 5.93. The summed E-state index contributed by atoms with van der Waals surface area (Å²) in [6.45, 7) is 0.256. The lowest BCUT2D eigenvalue weighted by molar-refractivity contribution is 0.277. The topological polar surface area (TPSA) is 78.4 Å². The van der Waals surface area contributed by atoms with Gasteiger partial charge in [0.25, 0.3) is 5.56 Å². The molecule has 1 aromatic carbocycles. The fourth-order valence-electron chi connectivity index (χ4n) is 2.93. The number of aliphatic hydroxyl groups excluding tert-OH is 1. The van der Waals surface area contributed by atoms with Gasteiger partial charge in [0, 0.05) is 26.8 Å². The van der Waals surface area contributed by atoms with Gasteiger partial charge < -0.3 is 14.4 Å². The van der Waals surface area contributed by atoms with Gasteiger partial charge in [-0.15, -0.1) is 0 Å². The van der Waals surface area contributed by atoms with Crippen molar-refractivity contribution in [3.8, 4) is 17.0 Å². The second kappa shape index (κ2) is 6.01. The zero-order chi connectivity index (χ0) is 17.4. The summed E-state index contributed by atoms with van der Waals surface area (Å²) >= 11 is 0. The molecule has 3 aromatic rings. The van der Waals surface area contributed by atoms with Gasteiger partial charge in [-0.1, -0.05) is 0 Å². The highest BCUT2D eigenvalue weighted by Crippen LogP contribution is 2.29. The lowest BCUT2D eigenvalue weighted by Gasteiger charge is -2.09. The van der Waals surface area contributed by atoms with E-state index in [1.807, 2.05) is 24.3 Å². The molecule has 7 nitrogen and oxygen atoms in total. The van der Waals surface area contributed by atoms with E-state index in [-0.39, 0.29) is 17.9 Å². The summed E-state index contributed by atoms with van der Waals surface area (Å²) in [6, 6.07) is 7.33. The van der Waals surface area contributed by atoms with Gasteiger partial charge in [0.15, 0.2) is 0 Å². The first-order valence-electron chi connectivity index (χ1n) is 7.53. The lowest BCUT2D eigenvalue weighted by atomic mass is 10.1. The molecule has 3 rings (SSSR count). The van der Waals surface area contributed by atoms with Crippen molar-refractivity contribution >= 4 is 10.9 Å². The van der Waals surface area contributed by atoms with Crippen molar-refractivity contribution in [2.24, 2.45) is 14.1 Å². The van der Waals surface area contributed by atoms with Crippen LogP contribution in [0.1, 0.15) is 0 Å². The van der Waals surface area contributed by atoms with E-state index in [0.29, 0.717) is 28.9 Å². The molecule has 0 unspecified atom stereocenters. The Hall–Kier alpha value is -2.80. The van der Waals surface area contributed by atoms with Gasteiger partial charge in [-0.3, -0.25) is 13.9 Å². The number of aryl methyl sites for hydroxylation is 1. The van der Waals surface area contributed by atoms with Crippen molar-refractivity contribution in [1.29, 1.82) is 0 Å². The highest BCUT2D eigenvalue weighted by Gasteiger charge is 2.19. The second-order valence-electron chi connectivity index (χ2n) is 5.59. The average Bonchev–Trinajstić information content (AvgIpc) is 2.98. The molecule has 0 fully saturated rings. The quantitative estimate of drug-likeness (QED) is 0.764. The van der Waals surface area contributed by atoms with E-state index in [2.05, 4.69) is 0 Å². The third kappa shape index (κ3) is 2.33. The van der Waals surface area contributed by atoms with Gasteiger partial charge in [0.1, 0.15) is 5.75 Å². The SMILES string of the molecule is COc1ccc(-c2c3c(=O)n(C)c(=O)n(C)c3cn2CCO)cc1. The van der Waals surface area contributed by atoms with Crippen molar-refractivity contribution in [3.05, 3.63) is 51.3 Å². The number of hydrogen-bond acceptors (Lipinski definition) is 4. The number of ether oxygens (including phenoxy) is 1. The molecule has 0 aliphatic carbocycles. The molecule has 0 saturated carbocycles. The molecular formula is C17H19N3O4. The van der Waals surface area contributed by atoms with Gasteiger partial charge in [0.2, 0.25) is 0 Å². The van der Waals surface area contributed by atoms with Crippen molar-refractivity contribution in [3.63, 3.8) is 0 Å². The zero-order valence-electron chi connectivity index (χ0n) is 13.8. The average molecular weight is 329 g/mol. The highest BCUT2D eigenvalue weighted by atomic mass is 16.5. The molecule has 1 N–H and O–H groups in total. The molecule has 126 valence electrons. The number of fused-ring (bicyclic) bond motifs is 1. The Bertz CT molecular complexity index is 1010. The van der Waals surface area contributed by atoms with E-state index in [0.717, 1.165) is 10.1 Å². The van der Waals surface area contributed by atoms with Crippen molar-refractivity contribution in [2.45, 2.75) is 6.54 Å². The summed E-state index contributed by atoms with van der Waals surface area (Å²) in [5.41, 5.74) is 1.31. The maximum atomic E-state index is 12.7. The molecule has 0 aliphatic rings. The summed E-state index contributed by atoms with van der Waals surface area (Å²) in [7, 11) is 4.68. The molecule has 0 radical (unpaired) electrons. The molecule has 2 aromatic heterocycles. The minimum absolute atomic E-state index is 0.0710. The maximum absolute atomic E-state index is 12.7. The van der Waals surface area contributed by atoms with E-state index in [9.17, 15) is 14.7 Å². The summed E-state index contributed by atoms with van der Waals surface area (Å²) in [6.07, 6.45) is 1.73. The minimum Gasteiger partial charge on any atom is -0.497 e. The predicted molar refractivity (Wildman–Crippen MR) is 91.5 cm³/mol. The Kier molecular flexibility index (Phi) is 4.02. The smallest absolute Gasteiger partial charge is 0.330 e. The van der Waals surface area contributed by atoms with Crippen LogP contribution in [-0.4, -0.2) is 32.5 Å². The lowest BCUT2D eigenvalue weighted by Crippen LogP contribution is -2.36. The third-order valence-corrected chi connectivity index (χ3v) is 4.22. The Morgan fingerprint density at radius 2 is 1.75 bits per heavy atom. The first-order chi connectivity index (χ1) is 11.5. The monoisotopic (exact) mass is 329 g/mol. The normalized spacial score (nSPS) is 11.2. The molecule has 0 atom stereocenters. The number of aromatic nitrogens is 3. The molecule has 24 heavy (non-hydrogen) atoms. The van der Waals surface area contributed by atoms with E-state index in [1.54, 1.807) is 24.9 Å². The Morgan fingerprint density at radius 1 is 1.08 bits per heavy atom. The van der Waals surface area contributed by atoms with Gasteiger partial charge in [0.05, 0.1) is 30.3 Å². The summed E-state index contributed by atoms with van der Waals surface area (Å²) < 4.78 is 9.51. The van der Waals surface area contributed by atoms with Crippen molar-refractivity contribution in [2.75, 3.05) is 13.7 Å². The molecule has 2 heterocycles. The van der Waals surface area contributed by atoms with E-state index < -0.39 is 0 Å². The van der Waals surface area contributed by atoms with Crippen LogP contribution < -0.4 is 16.0 Å². The number of benzene rings is 1. The molecule has 0 saturated heterocycles. The fourth-order valence-corrected chi connectivity index (χ4v) is 2.93. The van der Waals surface area contributed by atoms with Crippen LogP contribution in [0, 0.1) is 0 Å². The Morgan fingerprint density at radius 3 is 2.33 bits per heavy atom. The van der Waals surface area contributed by atoms with Gasteiger partial charge >= 0.3 is 5.69 Å². The van der Waals surface area contributed by atoms with Gasteiger partial charge in [-0.05, 0) is 29.8 Å². The minimum atomic E-state index is -0.380. The van der Waals surface area contributed by atoms with Crippen LogP contribution >= 0.6 is 0 Å². The first kappa shape index (κ1) is 16.1. The largest absolute Gasteiger partial charge is 0.497 e. The van der Waals surface area contributed by atoms with Gasteiger partial charge in [-0.25, -0.2) is 4.79 Å². The number of rotatable bonds is 4. The van der Waals surface area contributed by atoms with Crippen molar-refractivity contribution in [1.82, 2.24) is 13.7 Å². The summed E-state index contributed by atoms with van der Waals surface area (Å²) in [5, 5.41) is 9.81. The van der Waals surface area contributed by atoms with E-state index >= 15 is 0 Å². The first-order valence-corrected chi connectivity index (χ1v) is 7.53. The standard InChI is InChI=1S/C17H19N3O4/c1-18-13-10-20(8-9-21)15(11-4-6-12(24-3)7-5-11)14(13)16(22)19(2)17(18)23/h4-7,10,21H,8-9H2,1-3H3. The number of hydrogen-bond donors (Lipinski definition) is 1. The Labute approximate surface area is 138 Å². The van der Waals surface area contributed by atoms with Crippen LogP contribution in [0.5, 0.6) is 5.75 Å². The summed E-state index contributed by atoms with van der Waals surface area (Å²) in [5.74, 6) is 0.712. The molecule has 7 heteroatoms. The predicted octanol–water partition coefficient (Wildman–Crippen LogP) is 0.707. The van der Waals surface area contributed by atoms with Gasteiger partial charge in [-0.2, -0.15) is 0 Å². The molecule has 0 aliphatic heterocycles. The molecule has 0 bridgehead atoms. The molecule has 0 spiro atoms. The summed E-state index contributed by atoms with van der Waals surface area (Å²) in [4.78, 5) is 24.8. The van der Waals surface area contributed by atoms with Crippen LogP contribution in [0.4, 0.5) is 0 Å². The van der Waals surface area contributed by atoms with Crippen LogP contribution in [0.25, 0.3) is 22.2 Å². The molecule has 0 amide bonds. The number of methoxy groups -OCH3 is 1. The van der Waals surface area contributed by atoms with Crippen LogP contribution in [0.15, 0.2) is 40.1 Å². The van der Waals surface area contributed by atoms with E-state index in [1.165, 1.54) is 11.6 Å². The van der Waals surface area contributed by atoms with Crippen LogP contribution in [-0.2, 0) is 20.6 Å².